The number of fused-ring (bicyclic) bond motifs is 2. The fraction of sp³-hybridized carbons (Fsp3) is 0.0357. The number of carbonyl (C=O) groups is 1. The molecule has 0 spiro atoms. The van der Waals surface area contributed by atoms with E-state index in [0.29, 0.717) is 39.2 Å². The van der Waals surface area contributed by atoms with Gasteiger partial charge in [-0.25, -0.2) is 4.98 Å². The zero-order chi connectivity index (χ0) is 25.4. The van der Waals surface area contributed by atoms with E-state index < -0.39 is 0 Å². The van der Waals surface area contributed by atoms with Crippen LogP contribution in [0.3, 0.4) is 0 Å². The first-order valence-electron chi connectivity index (χ1n) is 11.4. The first kappa shape index (κ1) is 23.1. The molecule has 2 N–H and O–H groups in total. The van der Waals surface area contributed by atoms with Crippen molar-refractivity contribution in [2.24, 2.45) is 0 Å². The molecule has 1 amide bonds. The molecule has 2 aromatic heterocycles. The van der Waals surface area contributed by atoms with Gasteiger partial charge < -0.3 is 14.5 Å². The molecule has 37 heavy (non-hydrogen) atoms. The number of nitrogens with one attached hydrogen (secondary N) is 2. The fourth-order valence-corrected chi connectivity index (χ4v) is 4.43. The standard InChI is InChI=1S/C28H18Cl2N4O3/c29-21-9-4-10-23(26(21)30)36-15-25(35)32-19-8-3-7-18(11-19)27-20(14-31-34-27)28-33-22-12-16-5-1-2-6-17(16)13-24(22)37-28/h1-14H,15H2,(H,31,34)(H,32,35). The molecule has 0 aliphatic carbocycles. The van der Waals surface area contributed by atoms with Crippen molar-refractivity contribution < 1.29 is 13.9 Å². The molecule has 182 valence electrons. The monoisotopic (exact) mass is 528 g/mol. The molecule has 0 aliphatic rings. The highest BCUT2D eigenvalue weighted by atomic mass is 35.5. The molecular formula is C28H18Cl2N4O3. The first-order valence-corrected chi connectivity index (χ1v) is 12.1. The van der Waals surface area contributed by atoms with Crippen LogP contribution in [0.25, 0.3) is 44.6 Å². The average molecular weight is 529 g/mol. The third-order valence-electron chi connectivity index (χ3n) is 5.84. The Kier molecular flexibility index (Phi) is 6.00. The number of ether oxygens (including phenoxy) is 1. The van der Waals surface area contributed by atoms with E-state index in [1.165, 1.54) is 0 Å². The van der Waals surface area contributed by atoms with Crippen LogP contribution in [0.4, 0.5) is 5.69 Å². The van der Waals surface area contributed by atoms with Gasteiger partial charge in [0.25, 0.3) is 5.91 Å². The Balaban J connectivity index is 1.23. The lowest BCUT2D eigenvalue weighted by molar-refractivity contribution is -0.118. The molecule has 0 radical (unpaired) electrons. The van der Waals surface area contributed by atoms with Crippen molar-refractivity contribution in [2.45, 2.75) is 0 Å². The lowest BCUT2D eigenvalue weighted by Crippen LogP contribution is -2.20. The van der Waals surface area contributed by atoms with Crippen LogP contribution in [0.2, 0.25) is 10.0 Å². The number of benzene rings is 4. The number of nitrogens with zero attached hydrogens (tertiary/aromatic N) is 2. The molecule has 0 atom stereocenters. The van der Waals surface area contributed by atoms with Gasteiger partial charge in [0, 0.05) is 11.3 Å². The molecular weight excluding hydrogens is 511 g/mol. The highest BCUT2D eigenvalue weighted by Gasteiger charge is 2.17. The second-order valence-electron chi connectivity index (χ2n) is 8.31. The summed E-state index contributed by atoms with van der Waals surface area (Å²) in [5.74, 6) is 0.450. The third-order valence-corrected chi connectivity index (χ3v) is 6.64. The van der Waals surface area contributed by atoms with E-state index in [2.05, 4.69) is 15.5 Å². The van der Waals surface area contributed by atoms with Gasteiger partial charge >= 0.3 is 0 Å². The van der Waals surface area contributed by atoms with Gasteiger partial charge in [-0.05, 0) is 47.2 Å². The summed E-state index contributed by atoms with van der Waals surface area (Å²) in [6, 6.07) is 24.4. The number of amides is 1. The summed E-state index contributed by atoms with van der Waals surface area (Å²) in [6.07, 6.45) is 1.67. The van der Waals surface area contributed by atoms with Crippen LogP contribution in [0.1, 0.15) is 0 Å². The van der Waals surface area contributed by atoms with Crippen molar-refractivity contribution in [3.63, 3.8) is 0 Å². The lowest BCUT2D eigenvalue weighted by atomic mass is 10.1. The molecule has 9 heteroatoms. The summed E-state index contributed by atoms with van der Waals surface area (Å²) < 4.78 is 11.6. The van der Waals surface area contributed by atoms with Crippen molar-refractivity contribution in [3.05, 3.63) is 95.1 Å². The Labute approximate surface area is 221 Å². The third kappa shape index (κ3) is 4.62. The van der Waals surface area contributed by atoms with Crippen LogP contribution in [-0.4, -0.2) is 27.7 Å². The number of aromatic amines is 1. The van der Waals surface area contributed by atoms with Gasteiger partial charge in [-0.2, -0.15) is 5.10 Å². The normalized spacial score (nSPS) is 11.2. The summed E-state index contributed by atoms with van der Waals surface area (Å²) in [5, 5.41) is 12.9. The van der Waals surface area contributed by atoms with Gasteiger partial charge in [-0.1, -0.05) is 65.7 Å². The number of H-pyrrole nitrogens is 1. The molecule has 2 heterocycles. The number of carbonyl (C=O) groups excluding carboxylic acids is 1. The van der Waals surface area contributed by atoms with Crippen molar-refractivity contribution in [2.75, 3.05) is 11.9 Å². The second kappa shape index (κ2) is 9.61. The van der Waals surface area contributed by atoms with Gasteiger partial charge in [-0.3, -0.25) is 9.89 Å². The Hall–Kier alpha value is -4.33. The topological polar surface area (TPSA) is 93.0 Å². The maximum absolute atomic E-state index is 12.5. The number of hydrogen-bond donors (Lipinski definition) is 2. The fourth-order valence-electron chi connectivity index (χ4n) is 4.08. The predicted octanol–water partition coefficient (Wildman–Crippen LogP) is 7.36. The van der Waals surface area contributed by atoms with Crippen molar-refractivity contribution in [1.29, 1.82) is 0 Å². The zero-order valence-corrected chi connectivity index (χ0v) is 20.7. The number of hydrogen-bond acceptors (Lipinski definition) is 5. The molecule has 0 saturated heterocycles. The first-order chi connectivity index (χ1) is 18.0. The number of aromatic nitrogens is 3. The smallest absolute Gasteiger partial charge is 0.262 e. The van der Waals surface area contributed by atoms with Crippen molar-refractivity contribution >= 4 is 56.7 Å². The van der Waals surface area contributed by atoms with E-state index >= 15 is 0 Å². The zero-order valence-electron chi connectivity index (χ0n) is 19.2. The van der Waals surface area contributed by atoms with Crippen LogP contribution in [0.15, 0.2) is 89.5 Å². The van der Waals surface area contributed by atoms with Crippen LogP contribution >= 0.6 is 23.2 Å². The second-order valence-corrected chi connectivity index (χ2v) is 9.10. The van der Waals surface area contributed by atoms with Gasteiger partial charge in [0.05, 0.1) is 22.5 Å². The Morgan fingerprint density at radius 3 is 2.65 bits per heavy atom. The van der Waals surface area contributed by atoms with Crippen LogP contribution in [0.5, 0.6) is 5.75 Å². The summed E-state index contributed by atoms with van der Waals surface area (Å²) in [6.45, 7) is -0.225. The van der Waals surface area contributed by atoms with Gasteiger partial charge in [-0.15, -0.1) is 0 Å². The maximum Gasteiger partial charge on any atom is 0.262 e. The Morgan fingerprint density at radius 1 is 0.973 bits per heavy atom. The van der Waals surface area contributed by atoms with Crippen molar-refractivity contribution in [1.82, 2.24) is 15.2 Å². The molecule has 4 aromatic carbocycles. The molecule has 7 nitrogen and oxygen atoms in total. The summed E-state index contributed by atoms with van der Waals surface area (Å²) in [4.78, 5) is 17.2. The lowest BCUT2D eigenvalue weighted by Gasteiger charge is -2.10. The van der Waals surface area contributed by atoms with Gasteiger partial charge in [0.15, 0.2) is 12.2 Å². The highest BCUT2D eigenvalue weighted by molar-refractivity contribution is 6.42. The average Bonchev–Trinajstić information content (AvgIpc) is 3.55. The van der Waals surface area contributed by atoms with E-state index in [1.807, 2.05) is 54.6 Å². The molecule has 0 saturated carbocycles. The highest BCUT2D eigenvalue weighted by Crippen LogP contribution is 2.34. The Bertz CT molecular complexity index is 1720. The van der Waals surface area contributed by atoms with Gasteiger partial charge in [0.2, 0.25) is 5.89 Å². The Morgan fingerprint density at radius 2 is 1.78 bits per heavy atom. The number of oxazole rings is 1. The van der Waals surface area contributed by atoms with Crippen LogP contribution < -0.4 is 10.1 Å². The predicted molar refractivity (Wildman–Crippen MR) is 145 cm³/mol. The van der Waals surface area contributed by atoms with Crippen LogP contribution in [0, 0.1) is 0 Å². The number of halogens is 2. The van der Waals surface area contributed by atoms with E-state index in [0.717, 1.165) is 21.9 Å². The van der Waals surface area contributed by atoms with Crippen molar-refractivity contribution in [3.8, 4) is 28.5 Å². The molecule has 0 aliphatic heterocycles. The minimum absolute atomic E-state index is 0.225. The van der Waals surface area contributed by atoms with E-state index in [9.17, 15) is 4.79 Å². The van der Waals surface area contributed by atoms with E-state index in [4.69, 9.17) is 37.3 Å². The molecule has 0 unspecified atom stereocenters. The largest absolute Gasteiger partial charge is 0.482 e. The van der Waals surface area contributed by atoms with Crippen LogP contribution in [-0.2, 0) is 4.79 Å². The quantitative estimate of drug-likeness (QED) is 0.235. The molecule has 6 rings (SSSR count). The van der Waals surface area contributed by atoms with Gasteiger partial charge in [0.1, 0.15) is 16.3 Å². The minimum Gasteiger partial charge on any atom is -0.482 e. The summed E-state index contributed by atoms with van der Waals surface area (Å²) in [5.41, 5.74) is 4.28. The minimum atomic E-state index is -0.343. The summed E-state index contributed by atoms with van der Waals surface area (Å²) >= 11 is 12.1. The number of rotatable bonds is 6. The molecule has 0 fully saturated rings. The molecule has 0 bridgehead atoms. The molecule has 6 aromatic rings. The number of anilines is 1. The van der Waals surface area contributed by atoms with E-state index in [1.54, 1.807) is 30.5 Å². The SMILES string of the molecule is O=C(COc1cccc(Cl)c1Cl)Nc1cccc(-c2[nH]ncc2-c2nc3cc4ccccc4cc3o2)c1. The summed E-state index contributed by atoms with van der Waals surface area (Å²) in [7, 11) is 0. The van der Waals surface area contributed by atoms with E-state index in [-0.39, 0.29) is 17.5 Å². The maximum atomic E-state index is 12.5.